The average Bonchev–Trinajstić information content (AvgIpc) is 2.59. The van der Waals surface area contributed by atoms with Crippen molar-refractivity contribution in [2.24, 2.45) is 0 Å². The van der Waals surface area contributed by atoms with Gasteiger partial charge in [0.2, 0.25) is 0 Å². The number of para-hydroxylation sites is 1. The van der Waals surface area contributed by atoms with Crippen LogP contribution >= 0.6 is 0 Å². The van der Waals surface area contributed by atoms with Gasteiger partial charge in [-0.15, -0.1) is 0 Å². The largest absolute Gasteiger partial charge is 0.493 e. The molecular formula is C17H20N2O3. The standard InChI is InChI=1S/C17H20N2O3/c1-19(14-7-5-4-6-8-14)17(20)18-12-13-9-10-15(21-2)16(11-13)22-3/h4-11H,12H2,1-3H3,(H,18,20). The van der Waals surface area contributed by atoms with Crippen molar-refractivity contribution in [3.8, 4) is 11.5 Å². The molecule has 0 spiro atoms. The lowest BCUT2D eigenvalue weighted by Gasteiger charge is -2.18. The van der Waals surface area contributed by atoms with Crippen LogP contribution in [0.4, 0.5) is 10.5 Å². The Kier molecular flexibility index (Phi) is 5.25. The molecule has 116 valence electrons. The van der Waals surface area contributed by atoms with Crippen LogP contribution in [0.2, 0.25) is 0 Å². The molecule has 2 amide bonds. The molecule has 0 atom stereocenters. The summed E-state index contributed by atoms with van der Waals surface area (Å²) in [5.41, 5.74) is 1.78. The Labute approximate surface area is 130 Å². The molecule has 0 aliphatic rings. The Morgan fingerprint density at radius 1 is 1.05 bits per heavy atom. The topological polar surface area (TPSA) is 50.8 Å². The summed E-state index contributed by atoms with van der Waals surface area (Å²) in [5, 5.41) is 2.88. The highest BCUT2D eigenvalue weighted by atomic mass is 16.5. The fourth-order valence-electron chi connectivity index (χ4n) is 2.06. The van der Waals surface area contributed by atoms with Crippen molar-refractivity contribution in [2.75, 3.05) is 26.2 Å². The summed E-state index contributed by atoms with van der Waals surface area (Å²) in [6, 6.07) is 14.9. The van der Waals surface area contributed by atoms with Crippen molar-refractivity contribution >= 4 is 11.7 Å². The maximum Gasteiger partial charge on any atom is 0.321 e. The van der Waals surface area contributed by atoms with Crippen LogP contribution in [0.15, 0.2) is 48.5 Å². The summed E-state index contributed by atoms with van der Waals surface area (Å²) >= 11 is 0. The van der Waals surface area contributed by atoms with Gasteiger partial charge in [-0.2, -0.15) is 0 Å². The van der Waals surface area contributed by atoms with E-state index in [2.05, 4.69) is 5.32 Å². The number of ether oxygens (including phenoxy) is 2. The molecule has 0 heterocycles. The van der Waals surface area contributed by atoms with Gasteiger partial charge >= 0.3 is 6.03 Å². The predicted octanol–water partition coefficient (Wildman–Crippen LogP) is 3.05. The Balaban J connectivity index is 1.99. The third kappa shape index (κ3) is 3.69. The number of anilines is 1. The van der Waals surface area contributed by atoms with Crippen molar-refractivity contribution in [3.63, 3.8) is 0 Å². The van der Waals surface area contributed by atoms with Gasteiger partial charge in [0, 0.05) is 19.3 Å². The molecule has 5 heteroatoms. The van der Waals surface area contributed by atoms with Gasteiger partial charge in [-0.3, -0.25) is 4.90 Å². The van der Waals surface area contributed by atoms with Crippen LogP contribution in [0.5, 0.6) is 11.5 Å². The first-order valence-corrected chi connectivity index (χ1v) is 6.93. The van der Waals surface area contributed by atoms with E-state index in [0.717, 1.165) is 11.3 Å². The minimum absolute atomic E-state index is 0.166. The van der Waals surface area contributed by atoms with Crippen molar-refractivity contribution in [1.29, 1.82) is 0 Å². The zero-order valence-electron chi connectivity index (χ0n) is 13.0. The molecule has 0 aromatic heterocycles. The van der Waals surface area contributed by atoms with Crippen LogP contribution in [0.1, 0.15) is 5.56 Å². The molecular weight excluding hydrogens is 280 g/mol. The molecule has 0 saturated heterocycles. The fourth-order valence-corrected chi connectivity index (χ4v) is 2.06. The minimum atomic E-state index is -0.166. The lowest BCUT2D eigenvalue weighted by Crippen LogP contribution is -2.36. The maximum absolute atomic E-state index is 12.2. The highest BCUT2D eigenvalue weighted by molar-refractivity contribution is 5.91. The SMILES string of the molecule is COc1ccc(CNC(=O)N(C)c2ccccc2)cc1OC. The van der Waals surface area contributed by atoms with Crippen molar-refractivity contribution in [3.05, 3.63) is 54.1 Å². The van der Waals surface area contributed by atoms with E-state index < -0.39 is 0 Å². The number of rotatable bonds is 5. The highest BCUT2D eigenvalue weighted by Gasteiger charge is 2.10. The summed E-state index contributed by atoms with van der Waals surface area (Å²) in [5.74, 6) is 1.31. The number of hydrogen-bond donors (Lipinski definition) is 1. The molecule has 2 rings (SSSR count). The van der Waals surface area contributed by atoms with E-state index in [-0.39, 0.29) is 6.03 Å². The highest BCUT2D eigenvalue weighted by Crippen LogP contribution is 2.27. The van der Waals surface area contributed by atoms with E-state index in [9.17, 15) is 4.79 Å². The zero-order chi connectivity index (χ0) is 15.9. The lowest BCUT2D eigenvalue weighted by atomic mass is 10.2. The zero-order valence-corrected chi connectivity index (χ0v) is 13.0. The normalized spacial score (nSPS) is 9.95. The molecule has 2 aromatic carbocycles. The van der Waals surface area contributed by atoms with Crippen LogP contribution in [0.25, 0.3) is 0 Å². The van der Waals surface area contributed by atoms with Gasteiger partial charge in [-0.1, -0.05) is 24.3 Å². The molecule has 0 bridgehead atoms. The number of nitrogens with one attached hydrogen (secondary N) is 1. The molecule has 0 radical (unpaired) electrons. The van der Waals surface area contributed by atoms with Crippen molar-refractivity contribution < 1.29 is 14.3 Å². The second-order valence-corrected chi connectivity index (χ2v) is 4.74. The molecule has 0 saturated carbocycles. The quantitative estimate of drug-likeness (QED) is 0.923. The summed E-state index contributed by atoms with van der Waals surface area (Å²) in [4.78, 5) is 13.7. The Morgan fingerprint density at radius 2 is 1.73 bits per heavy atom. The van der Waals surface area contributed by atoms with Gasteiger partial charge in [0.25, 0.3) is 0 Å². The van der Waals surface area contributed by atoms with Crippen LogP contribution in [0, 0.1) is 0 Å². The van der Waals surface area contributed by atoms with Crippen LogP contribution < -0.4 is 19.7 Å². The van der Waals surface area contributed by atoms with E-state index >= 15 is 0 Å². The van der Waals surface area contributed by atoms with Gasteiger partial charge in [-0.25, -0.2) is 4.79 Å². The molecule has 0 unspecified atom stereocenters. The number of carbonyl (C=O) groups is 1. The van der Waals surface area contributed by atoms with E-state index in [1.807, 2.05) is 48.5 Å². The van der Waals surface area contributed by atoms with Crippen LogP contribution in [-0.2, 0) is 6.54 Å². The number of benzene rings is 2. The van der Waals surface area contributed by atoms with E-state index in [0.29, 0.717) is 18.0 Å². The number of urea groups is 1. The monoisotopic (exact) mass is 300 g/mol. The summed E-state index contributed by atoms with van der Waals surface area (Å²) in [7, 11) is 4.91. The number of amides is 2. The first-order chi connectivity index (χ1) is 10.7. The van der Waals surface area contributed by atoms with Gasteiger partial charge < -0.3 is 14.8 Å². The summed E-state index contributed by atoms with van der Waals surface area (Å²) in [6.45, 7) is 0.413. The van der Waals surface area contributed by atoms with Crippen molar-refractivity contribution in [2.45, 2.75) is 6.54 Å². The smallest absolute Gasteiger partial charge is 0.321 e. The number of hydrogen-bond acceptors (Lipinski definition) is 3. The molecule has 2 aromatic rings. The van der Waals surface area contributed by atoms with Gasteiger partial charge in [0.05, 0.1) is 14.2 Å². The molecule has 0 fully saturated rings. The van der Waals surface area contributed by atoms with Crippen LogP contribution in [0.3, 0.4) is 0 Å². The lowest BCUT2D eigenvalue weighted by molar-refractivity contribution is 0.247. The van der Waals surface area contributed by atoms with Crippen molar-refractivity contribution in [1.82, 2.24) is 5.32 Å². The maximum atomic E-state index is 12.2. The van der Waals surface area contributed by atoms with E-state index in [4.69, 9.17) is 9.47 Å². The first-order valence-electron chi connectivity index (χ1n) is 6.93. The molecule has 0 aliphatic heterocycles. The van der Waals surface area contributed by atoms with Gasteiger partial charge in [0.15, 0.2) is 11.5 Å². The van der Waals surface area contributed by atoms with Gasteiger partial charge in [-0.05, 0) is 29.8 Å². The second-order valence-electron chi connectivity index (χ2n) is 4.74. The predicted molar refractivity (Wildman–Crippen MR) is 86.6 cm³/mol. The molecule has 5 nitrogen and oxygen atoms in total. The number of nitrogens with zero attached hydrogens (tertiary/aromatic N) is 1. The Morgan fingerprint density at radius 3 is 2.36 bits per heavy atom. The molecule has 0 aliphatic carbocycles. The molecule has 22 heavy (non-hydrogen) atoms. The van der Waals surface area contributed by atoms with E-state index in [1.54, 1.807) is 26.2 Å². The third-order valence-corrected chi connectivity index (χ3v) is 3.34. The Hall–Kier alpha value is -2.69. The molecule has 1 N–H and O–H groups in total. The number of methoxy groups -OCH3 is 2. The van der Waals surface area contributed by atoms with Crippen LogP contribution in [-0.4, -0.2) is 27.3 Å². The van der Waals surface area contributed by atoms with Gasteiger partial charge in [0.1, 0.15) is 0 Å². The average molecular weight is 300 g/mol. The number of carbonyl (C=O) groups excluding carboxylic acids is 1. The summed E-state index contributed by atoms with van der Waals surface area (Å²) in [6.07, 6.45) is 0. The second kappa shape index (κ2) is 7.36. The minimum Gasteiger partial charge on any atom is -0.493 e. The van der Waals surface area contributed by atoms with E-state index in [1.165, 1.54) is 0 Å². The summed E-state index contributed by atoms with van der Waals surface area (Å²) < 4.78 is 10.4. The first kappa shape index (κ1) is 15.7. The Bertz CT molecular complexity index is 629. The fraction of sp³-hybridized carbons (Fsp3) is 0.235. The third-order valence-electron chi connectivity index (χ3n) is 3.34.